The van der Waals surface area contributed by atoms with Crippen LogP contribution in [0.15, 0.2) is 24.3 Å². The SMILES string of the molecule is N#Cc1ccc(N2CCN(C3C(CC(=O)O)CCCN3CC(=O)O)CC2)cc1. The minimum Gasteiger partial charge on any atom is -0.481 e. The van der Waals surface area contributed by atoms with Crippen molar-refractivity contribution >= 4 is 17.6 Å². The highest BCUT2D eigenvalue weighted by atomic mass is 16.4. The number of carbonyl (C=O) groups is 2. The van der Waals surface area contributed by atoms with Crippen molar-refractivity contribution in [1.82, 2.24) is 9.80 Å². The molecule has 2 heterocycles. The quantitative estimate of drug-likeness (QED) is 0.753. The van der Waals surface area contributed by atoms with Crippen molar-refractivity contribution in [3.8, 4) is 6.07 Å². The first-order chi connectivity index (χ1) is 13.5. The number of carboxylic acid groups (broad SMARTS) is 2. The number of benzene rings is 1. The summed E-state index contributed by atoms with van der Waals surface area (Å²) in [7, 11) is 0. The molecule has 2 saturated heterocycles. The molecule has 2 unspecified atom stereocenters. The van der Waals surface area contributed by atoms with Gasteiger partial charge in [-0.2, -0.15) is 5.26 Å². The Balaban J connectivity index is 1.69. The fourth-order valence-corrected chi connectivity index (χ4v) is 4.43. The molecule has 8 heteroatoms. The van der Waals surface area contributed by atoms with Crippen LogP contribution in [0.2, 0.25) is 0 Å². The van der Waals surface area contributed by atoms with Gasteiger partial charge in [0, 0.05) is 38.4 Å². The third-order valence-electron chi connectivity index (χ3n) is 5.64. The third-order valence-corrected chi connectivity index (χ3v) is 5.64. The lowest BCUT2D eigenvalue weighted by Crippen LogP contribution is -2.61. The van der Waals surface area contributed by atoms with E-state index in [0.29, 0.717) is 12.1 Å². The highest BCUT2D eigenvalue weighted by molar-refractivity contribution is 5.69. The molecule has 0 aromatic heterocycles. The monoisotopic (exact) mass is 386 g/mol. The van der Waals surface area contributed by atoms with Gasteiger partial charge in [0.25, 0.3) is 0 Å². The standard InChI is InChI=1S/C20H26N4O4/c21-13-15-3-5-17(6-4-15)22-8-10-23(11-9-22)20-16(12-18(25)26)2-1-7-24(20)14-19(27)28/h3-6,16,20H,1-2,7-12,14H2,(H,25,26)(H,27,28). The fraction of sp³-hybridized carbons (Fsp3) is 0.550. The Bertz CT molecular complexity index is 714. The van der Waals surface area contributed by atoms with Gasteiger partial charge in [0.05, 0.1) is 30.8 Å². The molecular formula is C20H26N4O4. The van der Waals surface area contributed by atoms with Crippen molar-refractivity contribution < 1.29 is 19.8 Å². The maximum Gasteiger partial charge on any atom is 0.317 e. The van der Waals surface area contributed by atoms with E-state index in [9.17, 15) is 19.8 Å². The fourth-order valence-electron chi connectivity index (χ4n) is 4.43. The molecule has 28 heavy (non-hydrogen) atoms. The van der Waals surface area contributed by atoms with Crippen molar-refractivity contribution in [2.45, 2.75) is 25.4 Å². The van der Waals surface area contributed by atoms with E-state index in [1.54, 1.807) is 12.1 Å². The van der Waals surface area contributed by atoms with Gasteiger partial charge >= 0.3 is 11.9 Å². The molecule has 150 valence electrons. The van der Waals surface area contributed by atoms with Crippen LogP contribution in [0, 0.1) is 17.2 Å². The minimum atomic E-state index is -0.878. The van der Waals surface area contributed by atoms with Crippen LogP contribution in [0.1, 0.15) is 24.8 Å². The number of nitrogens with zero attached hydrogens (tertiary/aromatic N) is 4. The van der Waals surface area contributed by atoms with Crippen molar-refractivity contribution in [3.05, 3.63) is 29.8 Å². The summed E-state index contributed by atoms with van der Waals surface area (Å²) in [6.45, 7) is 3.68. The van der Waals surface area contributed by atoms with Crippen molar-refractivity contribution in [1.29, 1.82) is 5.26 Å². The molecule has 0 radical (unpaired) electrons. The van der Waals surface area contributed by atoms with E-state index in [0.717, 1.165) is 44.7 Å². The lowest BCUT2D eigenvalue weighted by atomic mass is 9.89. The number of carboxylic acids is 2. The zero-order chi connectivity index (χ0) is 20.1. The van der Waals surface area contributed by atoms with Gasteiger partial charge in [-0.15, -0.1) is 0 Å². The lowest BCUT2D eigenvalue weighted by Gasteiger charge is -2.49. The Hall–Kier alpha value is -2.63. The normalized spacial score (nSPS) is 23.9. The van der Waals surface area contributed by atoms with Gasteiger partial charge in [-0.3, -0.25) is 19.4 Å². The molecular weight excluding hydrogens is 360 g/mol. The number of piperidine rings is 1. The minimum absolute atomic E-state index is 0.0589. The average molecular weight is 386 g/mol. The van der Waals surface area contributed by atoms with Crippen molar-refractivity contribution in [2.75, 3.05) is 44.2 Å². The van der Waals surface area contributed by atoms with Gasteiger partial charge < -0.3 is 15.1 Å². The summed E-state index contributed by atoms with van der Waals surface area (Å²) in [5.74, 6) is -1.77. The van der Waals surface area contributed by atoms with Crippen LogP contribution in [0.5, 0.6) is 0 Å². The molecule has 1 aromatic rings. The van der Waals surface area contributed by atoms with Crippen LogP contribution in [-0.2, 0) is 9.59 Å². The van der Waals surface area contributed by atoms with E-state index in [4.69, 9.17) is 5.26 Å². The van der Waals surface area contributed by atoms with E-state index >= 15 is 0 Å². The topological polar surface area (TPSA) is 108 Å². The summed E-state index contributed by atoms with van der Waals surface area (Å²) >= 11 is 0. The summed E-state index contributed by atoms with van der Waals surface area (Å²) in [5.41, 5.74) is 1.69. The summed E-state index contributed by atoms with van der Waals surface area (Å²) in [5, 5.41) is 27.5. The molecule has 1 aromatic carbocycles. The smallest absolute Gasteiger partial charge is 0.317 e. The molecule has 0 aliphatic carbocycles. The Morgan fingerprint density at radius 3 is 2.29 bits per heavy atom. The van der Waals surface area contributed by atoms with Crippen LogP contribution < -0.4 is 4.90 Å². The first kappa shape index (κ1) is 20.1. The molecule has 0 spiro atoms. The zero-order valence-electron chi connectivity index (χ0n) is 15.8. The zero-order valence-corrected chi connectivity index (χ0v) is 15.8. The molecule has 0 saturated carbocycles. The first-order valence-electron chi connectivity index (χ1n) is 9.64. The highest BCUT2D eigenvalue weighted by Crippen LogP contribution is 2.30. The molecule has 0 amide bonds. The molecule has 2 atom stereocenters. The van der Waals surface area contributed by atoms with Crippen molar-refractivity contribution in [3.63, 3.8) is 0 Å². The molecule has 0 bridgehead atoms. The number of hydrogen-bond donors (Lipinski definition) is 2. The largest absolute Gasteiger partial charge is 0.481 e. The molecule has 8 nitrogen and oxygen atoms in total. The number of aliphatic carboxylic acids is 2. The average Bonchev–Trinajstić information content (AvgIpc) is 2.68. The van der Waals surface area contributed by atoms with E-state index in [-0.39, 0.29) is 25.0 Å². The van der Waals surface area contributed by atoms with E-state index in [2.05, 4.69) is 15.9 Å². The number of nitriles is 1. The molecule has 2 aliphatic rings. The van der Waals surface area contributed by atoms with Gasteiger partial charge in [-0.05, 0) is 43.0 Å². The van der Waals surface area contributed by atoms with E-state index < -0.39 is 11.9 Å². The second-order valence-corrected chi connectivity index (χ2v) is 7.46. The molecule has 3 rings (SSSR count). The van der Waals surface area contributed by atoms with Gasteiger partial charge in [0.1, 0.15) is 0 Å². The maximum atomic E-state index is 11.3. The number of anilines is 1. The number of piperazine rings is 1. The number of hydrogen-bond acceptors (Lipinski definition) is 6. The van der Waals surface area contributed by atoms with Crippen LogP contribution in [0.3, 0.4) is 0 Å². The Morgan fingerprint density at radius 1 is 1.04 bits per heavy atom. The molecule has 2 fully saturated rings. The number of rotatable bonds is 6. The maximum absolute atomic E-state index is 11.3. The summed E-state index contributed by atoms with van der Waals surface area (Å²) in [4.78, 5) is 29.1. The van der Waals surface area contributed by atoms with E-state index in [1.807, 2.05) is 17.0 Å². The first-order valence-corrected chi connectivity index (χ1v) is 9.64. The highest BCUT2D eigenvalue weighted by Gasteiger charge is 2.38. The predicted octanol–water partition coefficient (Wildman–Crippen LogP) is 1.28. The Kier molecular flexibility index (Phi) is 6.49. The third kappa shape index (κ3) is 4.80. The van der Waals surface area contributed by atoms with Gasteiger partial charge in [0.2, 0.25) is 0 Å². The van der Waals surface area contributed by atoms with Crippen LogP contribution >= 0.6 is 0 Å². The molecule has 2 N–H and O–H groups in total. The van der Waals surface area contributed by atoms with E-state index in [1.165, 1.54) is 0 Å². The Morgan fingerprint density at radius 2 is 1.71 bits per heavy atom. The summed E-state index contributed by atoms with van der Waals surface area (Å²) in [6.07, 6.45) is 1.55. The lowest BCUT2D eigenvalue weighted by molar-refractivity contribution is -0.144. The Labute approximate surface area is 164 Å². The number of likely N-dealkylation sites (tertiary alicyclic amines) is 1. The van der Waals surface area contributed by atoms with Crippen LogP contribution in [-0.4, -0.2) is 77.4 Å². The predicted molar refractivity (Wildman–Crippen MR) is 103 cm³/mol. The summed E-state index contributed by atoms with van der Waals surface area (Å²) < 4.78 is 0. The van der Waals surface area contributed by atoms with Gasteiger partial charge in [-0.25, -0.2) is 0 Å². The van der Waals surface area contributed by atoms with Crippen LogP contribution in [0.25, 0.3) is 0 Å². The molecule has 2 aliphatic heterocycles. The van der Waals surface area contributed by atoms with Gasteiger partial charge in [-0.1, -0.05) is 0 Å². The van der Waals surface area contributed by atoms with Gasteiger partial charge in [0.15, 0.2) is 0 Å². The summed E-state index contributed by atoms with van der Waals surface area (Å²) in [6, 6.07) is 9.62. The van der Waals surface area contributed by atoms with Crippen LogP contribution in [0.4, 0.5) is 5.69 Å². The second kappa shape index (κ2) is 9.04. The second-order valence-electron chi connectivity index (χ2n) is 7.46. The van der Waals surface area contributed by atoms with Crippen molar-refractivity contribution in [2.24, 2.45) is 5.92 Å².